The largest absolute Gasteiger partial charge is 0.472 e. The molecule has 0 aromatic rings. The van der Waals surface area contributed by atoms with Gasteiger partial charge in [-0.1, -0.05) is 440 Å². The van der Waals surface area contributed by atoms with Crippen molar-refractivity contribution in [3.8, 4) is 0 Å². The number of phosphoric ester groups is 2. The molecule has 0 aromatic heterocycles. The lowest BCUT2D eigenvalue weighted by Gasteiger charge is -2.21. The molecule has 3 unspecified atom stereocenters. The number of carbonyl (C=O) groups is 4. The van der Waals surface area contributed by atoms with Crippen LogP contribution in [0.25, 0.3) is 0 Å². The number of aliphatic hydroxyl groups is 1. The number of unbranched alkanes of at least 4 members (excludes halogenated alkanes) is 59. The van der Waals surface area contributed by atoms with Gasteiger partial charge in [0.2, 0.25) is 0 Å². The molecule has 0 saturated heterocycles. The summed E-state index contributed by atoms with van der Waals surface area (Å²) in [5.74, 6) is -0.507. The highest BCUT2D eigenvalue weighted by atomic mass is 31.2. The number of ether oxygens (including phenoxy) is 4. The van der Waals surface area contributed by atoms with Crippen LogP contribution in [0.4, 0.5) is 0 Å². The molecule has 3 N–H and O–H groups in total. The summed E-state index contributed by atoms with van der Waals surface area (Å²) >= 11 is 0. The Morgan fingerprint density at radius 2 is 0.464 bits per heavy atom. The second kappa shape index (κ2) is 82.2. The average Bonchev–Trinajstić information content (AvgIpc) is 0.900. The van der Waals surface area contributed by atoms with Gasteiger partial charge in [0, 0.05) is 25.7 Å². The molecule has 0 spiro atoms. The molecule has 0 fully saturated rings. The molecule has 0 bridgehead atoms. The summed E-state index contributed by atoms with van der Waals surface area (Å²) in [6, 6.07) is 0. The maximum Gasteiger partial charge on any atom is 0.472 e. The Balaban J connectivity index is 5.25. The lowest BCUT2D eigenvalue weighted by atomic mass is 9.99. The van der Waals surface area contributed by atoms with Crippen molar-refractivity contribution >= 4 is 39.5 Å². The Kier molecular flexibility index (Phi) is 80.7. The van der Waals surface area contributed by atoms with E-state index < -0.39 is 97.5 Å². The minimum atomic E-state index is -4.97. The molecule has 0 aliphatic rings. The number of hydrogen-bond donors (Lipinski definition) is 3. The predicted octanol–water partition coefficient (Wildman–Crippen LogP) is 28.2. The van der Waals surface area contributed by atoms with Crippen LogP contribution in [0.1, 0.15) is 491 Å². The number of carbonyl (C=O) groups excluding carboxylic acids is 4. The van der Waals surface area contributed by atoms with E-state index in [1.807, 2.05) is 0 Å². The molecular formula is C91H178O17P2. The lowest BCUT2D eigenvalue weighted by Crippen LogP contribution is -2.30. The summed E-state index contributed by atoms with van der Waals surface area (Å²) in [5.41, 5.74) is 0. The second-order valence-electron chi connectivity index (χ2n) is 33.4. The van der Waals surface area contributed by atoms with Crippen LogP contribution in [0, 0.1) is 11.8 Å². The Hall–Kier alpha value is -1.94. The van der Waals surface area contributed by atoms with E-state index in [-0.39, 0.29) is 25.7 Å². The fraction of sp³-hybridized carbons (Fsp3) is 0.956. The first kappa shape index (κ1) is 108. The van der Waals surface area contributed by atoms with Gasteiger partial charge >= 0.3 is 39.5 Å². The quantitative estimate of drug-likeness (QED) is 0.0222. The van der Waals surface area contributed by atoms with Crippen LogP contribution in [-0.2, 0) is 65.4 Å². The zero-order valence-electron chi connectivity index (χ0n) is 72.6. The van der Waals surface area contributed by atoms with Crippen molar-refractivity contribution in [3.63, 3.8) is 0 Å². The Labute approximate surface area is 677 Å². The second-order valence-corrected chi connectivity index (χ2v) is 36.3. The van der Waals surface area contributed by atoms with Gasteiger partial charge in [0.15, 0.2) is 12.2 Å². The molecule has 0 aliphatic heterocycles. The zero-order valence-corrected chi connectivity index (χ0v) is 74.4. The number of aliphatic hydroxyl groups excluding tert-OH is 1. The highest BCUT2D eigenvalue weighted by molar-refractivity contribution is 7.47. The fourth-order valence-electron chi connectivity index (χ4n) is 14.3. The zero-order chi connectivity index (χ0) is 80.6. The monoisotopic (exact) mass is 1610 g/mol. The van der Waals surface area contributed by atoms with Gasteiger partial charge in [0.25, 0.3) is 0 Å². The normalized spacial score (nSPS) is 14.0. The molecule has 6 atom stereocenters. The van der Waals surface area contributed by atoms with Gasteiger partial charge in [-0.15, -0.1) is 0 Å². The van der Waals surface area contributed by atoms with Crippen molar-refractivity contribution in [2.75, 3.05) is 39.6 Å². The number of esters is 4. The van der Waals surface area contributed by atoms with Crippen LogP contribution in [-0.4, -0.2) is 96.7 Å². The Morgan fingerprint density at radius 3 is 0.691 bits per heavy atom. The van der Waals surface area contributed by atoms with E-state index in [2.05, 4.69) is 41.5 Å². The summed E-state index contributed by atoms with van der Waals surface area (Å²) < 4.78 is 69.1. The van der Waals surface area contributed by atoms with Crippen LogP contribution < -0.4 is 0 Å². The van der Waals surface area contributed by atoms with Crippen molar-refractivity contribution in [3.05, 3.63) is 0 Å². The van der Waals surface area contributed by atoms with Crippen molar-refractivity contribution < 1.29 is 80.2 Å². The molecule has 654 valence electrons. The molecule has 0 aromatic carbocycles. The SMILES string of the molecule is CCCCCCCCCCCCCCCCCCCCCCCC(=O)O[C@H](COC(=O)CCCCCCCCCCCCCCCCCCCCC)COP(=O)(O)OC[C@@H](O)COP(=O)(O)OC[C@@H](COC(=O)CCCCCCCCCCCC(C)C)OC(=O)CCCCCCCCCCCCCCCCC(C)CC. The van der Waals surface area contributed by atoms with E-state index in [9.17, 15) is 43.2 Å². The van der Waals surface area contributed by atoms with Gasteiger partial charge in [0.05, 0.1) is 26.4 Å². The van der Waals surface area contributed by atoms with Gasteiger partial charge in [-0.25, -0.2) is 9.13 Å². The molecule has 0 rings (SSSR count). The molecule has 19 heteroatoms. The molecular weight excluding hydrogens is 1430 g/mol. The molecule has 110 heavy (non-hydrogen) atoms. The molecule has 0 radical (unpaired) electrons. The van der Waals surface area contributed by atoms with E-state index in [0.717, 1.165) is 102 Å². The first-order valence-electron chi connectivity index (χ1n) is 47.0. The van der Waals surface area contributed by atoms with E-state index in [4.69, 9.17) is 37.0 Å². The number of rotatable bonds is 90. The standard InChI is InChI=1S/C91H178O17P2/c1-7-10-12-14-16-18-20-22-24-26-28-29-31-33-35-40-44-50-57-63-69-75-90(95)107-86(79-101-88(93)73-67-61-55-49-43-39-34-32-30-27-25-23-21-19-17-15-13-11-8-2)81-105-109(97,98)103-77-85(92)78-104-110(99,100)106-82-87(80-102-89(94)74-68-62-56-52-46-47-53-59-65-71-83(4)5)108-91(96)76-70-64-58-51-45-41-37-36-38-42-48-54-60-66-72-84(6)9-3/h83-87,92H,7-82H2,1-6H3,(H,97,98)(H,99,100)/t84?,85-,86-,87-/m1/s1. The Bertz CT molecular complexity index is 2100. The molecule has 0 saturated carbocycles. The predicted molar refractivity (Wildman–Crippen MR) is 455 cm³/mol. The molecule has 0 heterocycles. The summed E-state index contributed by atoms with van der Waals surface area (Å²) in [5, 5.41) is 10.7. The van der Waals surface area contributed by atoms with Gasteiger partial charge in [-0.2, -0.15) is 0 Å². The molecule has 17 nitrogen and oxygen atoms in total. The fourth-order valence-corrected chi connectivity index (χ4v) is 15.9. The topological polar surface area (TPSA) is 237 Å². The van der Waals surface area contributed by atoms with Crippen molar-refractivity contribution in [2.24, 2.45) is 11.8 Å². The first-order chi connectivity index (χ1) is 53.4. The smallest absolute Gasteiger partial charge is 0.462 e. The summed E-state index contributed by atoms with van der Waals surface area (Å²) in [6.45, 7) is 9.74. The van der Waals surface area contributed by atoms with Crippen LogP contribution in [0.2, 0.25) is 0 Å². The average molecular weight is 1610 g/mol. The van der Waals surface area contributed by atoms with Crippen molar-refractivity contribution in [2.45, 2.75) is 509 Å². The summed E-state index contributed by atoms with van der Waals surface area (Å²) in [6.07, 6.45) is 76.4. The number of hydrogen-bond acceptors (Lipinski definition) is 15. The van der Waals surface area contributed by atoms with Crippen molar-refractivity contribution in [1.29, 1.82) is 0 Å². The maximum absolute atomic E-state index is 13.2. The van der Waals surface area contributed by atoms with Crippen LogP contribution in [0.5, 0.6) is 0 Å². The lowest BCUT2D eigenvalue weighted by molar-refractivity contribution is -0.161. The number of phosphoric acid groups is 2. The van der Waals surface area contributed by atoms with Crippen LogP contribution in [0.3, 0.4) is 0 Å². The van der Waals surface area contributed by atoms with Gasteiger partial charge < -0.3 is 33.8 Å². The third-order valence-corrected chi connectivity index (χ3v) is 23.7. The van der Waals surface area contributed by atoms with E-state index in [0.29, 0.717) is 25.7 Å². The summed E-state index contributed by atoms with van der Waals surface area (Å²) in [4.78, 5) is 73.4. The Morgan fingerprint density at radius 1 is 0.264 bits per heavy atom. The van der Waals surface area contributed by atoms with E-state index >= 15 is 0 Å². The van der Waals surface area contributed by atoms with E-state index in [1.54, 1.807) is 0 Å². The molecule has 0 amide bonds. The third-order valence-electron chi connectivity index (χ3n) is 21.8. The maximum atomic E-state index is 13.2. The van der Waals surface area contributed by atoms with Crippen molar-refractivity contribution in [1.82, 2.24) is 0 Å². The minimum Gasteiger partial charge on any atom is -0.462 e. The first-order valence-corrected chi connectivity index (χ1v) is 50.0. The van der Waals surface area contributed by atoms with Gasteiger partial charge in [-0.05, 0) is 37.5 Å². The molecule has 0 aliphatic carbocycles. The van der Waals surface area contributed by atoms with Crippen LogP contribution >= 0.6 is 15.6 Å². The highest BCUT2D eigenvalue weighted by Crippen LogP contribution is 2.45. The summed E-state index contributed by atoms with van der Waals surface area (Å²) in [7, 11) is -9.94. The minimum absolute atomic E-state index is 0.108. The third kappa shape index (κ3) is 82.6. The van der Waals surface area contributed by atoms with Gasteiger partial charge in [0.1, 0.15) is 19.3 Å². The van der Waals surface area contributed by atoms with Gasteiger partial charge in [-0.3, -0.25) is 37.3 Å². The highest BCUT2D eigenvalue weighted by Gasteiger charge is 2.31. The van der Waals surface area contributed by atoms with Crippen LogP contribution in [0.15, 0.2) is 0 Å². The van der Waals surface area contributed by atoms with E-state index in [1.165, 1.54) is 308 Å².